The molecule has 1 aromatic heterocycles. The first-order chi connectivity index (χ1) is 11.6. The molecule has 1 atom stereocenters. The predicted octanol–water partition coefficient (Wildman–Crippen LogP) is 2.89. The number of aromatic nitrogens is 1. The van der Waals surface area contributed by atoms with Crippen LogP contribution in [-0.2, 0) is 13.1 Å². The molecule has 3 aromatic rings. The predicted molar refractivity (Wildman–Crippen MR) is 94.8 cm³/mol. The molecule has 4 nitrogen and oxygen atoms in total. The number of fused-ring (bicyclic) bond motifs is 2. The molecule has 2 aromatic carbocycles. The lowest BCUT2D eigenvalue weighted by Crippen LogP contribution is -2.33. The first kappa shape index (κ1) is 15.1. The molecule has 2 N–H and O–H groups in total. The first-order valence-corrected chi connectivity index (χ1v) is 8.21. The smallest absolute Gasteiger partial charge is 0.189 e. The lowest BCUT2D eigenvalue weighted by Gasteiger charge is -2.32. The van der Waals surface area contributed by atoms with Crippen molar-refractivity contribution in [3.05, 3.63) is 81.1 Å². The summed E-state index contributed by atoms with van der Waals surface area (Å²) in [4.78, 5) is 17.9. The fraction of sp³-hybridized carbons (Fsp3) is 0.250. The molecule has 1 aliphatic heterocycles. The van der Waals surface area contributed by atoms with Crippen LogP contribution in [0.2, 0.25) is 0 Å². The molecule has 122 valence electrons. The number of benzene rings is 2. The molecule has 0 aliphatic carbocycles. The first-order valence-electron chi connectivity index (χ1n) is 8.21. The van der Waals surface area contributed by atoms with Crippen LogP contribution in [0, 0.1) is 6.92 Å². The number of H-pyrrole nitrogens is 1. The zero-order valence-corrected chi connectivity index (χ0v) is 13.6. The van der Waals surface area contributed by atoms with Crippen LogP contribution in [0.3, 0.4) is 0 Å². The average Bonchev–Trinajstić information content (AvgIpc) is 2.56. The molecule has 1 aliphatic rings. The van der Waals surface area contributed by atoms with Gasteiger partial charge >= 0.3 is 0 Å². The second-order valence-electron chi connectivity index (χ2n) is 6.59. The van der Waals surface area contributed by atoms with Crippen molar-refractivity contribution >= 4 is 10.9 Å². The van der Waals surface area contributed by atoms with Gasteiger partial charge in [0.15, 0.2) is 5.43 Å². The Morgan fingerprint density at radius 1 is 1.21 bits per heavy atom. The standard InChI is InChI=1S/C20H20N2O2/c1-13-6-7-18-17(8-13)19(23)9-15(21-18)11-22-10-14-4-2-3-5-16(14)20(24)12-22/h2-9,20,24H,10-12H2,1H3,(H,21,23)/t20-/m1/s1. The summed E-state index contributed by atoms with van der Waals surface area (Å²) in [7, 11) is 0. The maximum absolute atomic E-state index is 12.4. The van der Waals surface area contributed by atoms with Crippen LogP contribution >= 0.6 is 0 Å². The van der Waals surface area contributed by atoms with E-state index in [-0.39, 0.29) is 5.43 Å². The number of rotatable bonds is 2. The largest absolute Gasteiger partial charge is 0.387 e. The van der Waals surface area contributed by atoms with Gasteiger partial charge in [0, 0.05) is 42.3 Å². The Labute approximate surface area is 140 Å². The van der Waals surface area contributed by atoms with Crippen LogP contribution in [0.1, 0.15) is 28.5 Å². The van der Waals surface area contributed by atoms with E-state index in [1.165, 1.54) is 0 Å². The highest BCUT2D eigenvalue weighted by Gasteiger charge is 2.23. The highest BCUT2D eigenvalue weighted by Crippen LogP contribution is 2.27. The molecule has 0 amide bonds. The zero-order valence-electron chi connectivity index (χ0n) is 13.6. The van der Waals surface area contributed by atoms with Crippen molar-refractivity contribution in [3.63, 3.8) is 0 Å². The van der Waals surface area contributed by atoms with Crippen molar-refractivity contribution in [2.45, 2.75) is 26.1 Å². The Bertz CT molecular complexity index is 961. The van der Waals surface area contributed by atoms with Gasteiger partial charge in [-0.05, 0) is 30.2 Å². The molecule has 2 heterocycles. The lowest BCUT2D eigenvalue weighted by atomic mass is 9.97. The Morgan fingerprint density at radius 2 is 2.04 bits per heavy atom. The van der Waals surface area contributed by atoms with E-state index in [9.17, 15) is 9.90 Å². The zero-order chi connectivity index (χ0) is 16.7. The van der Waals surface area contributed by atoms with Gasteiger partial charge in [-0.3, -0.25) is 9.69 Å². The summed E-state index contributed by atoms with van der Waals surface area (Å²) in [6, 6.07) is 15.5. The van der Waals surface area contributed by atoms with Crippen molar-refractivity contribution in [2.24, 2.45) is 0 Å². The molecule has 0 unspecified atom stereocenters. The quantitative estimate of drug-likeness (QED) is 0.763. The minimum atomic E-state index is -0.482. The molecule has 0 spiro atoms. The Kier molecular flexibility index (Phi) is 3.71. The van der Waals surface area contributed by atoms with Crippen LogP contribution in [-0.4, -0.2) is 21.5 Å². The summed E-state index contributed by atoms with van der Waals surface area (Å²) in [5.74, 6) is 0. The number of hydrogen-bond acceptors (Lipinski definition) is 3. The number of β-amino-alcohol motifs (C(OH)–C–C–N with tert-alkyl or cyclic N) is 1. The second kappa shape index (κ2) is 5.89. The van der Waals surface area contributed by atoms with Gasteiger partial charge in [-0.2, -0.15) is 0 Å². The van der Waals surface area contributed by atoms with E-state index < -0.39 is 6.10 Å². The van der Waals surface area contributed by atoms with Gasteiger partial charge in [-0.1, -0.05) is 35.9 Å². The molecule has 24 heavy (non-hydrogen) atoms. The number of aromatic amines is 1. The number of hydrogen-bond donors (Lipinski definition) is 2. The molecular formula is C20H20N2O2. The highest BCUT2D eigenvalue weighted by atomic mass is 16.3. The van der Waals surface area contributed by atoms with Crippen LogP contribution in [0.25, 0.3) is 10.9 Å². The van der Waals surface area contributed by atoms with Crippen molar-refractivity contribution in [1.29, 1.82) is 0 Å². The SMILES string of the molecule is Cc1ccc2[nH]c(CN3Cc4ccccc4[C@H](O)C3)cc(=O)c2c1. The third kappa shape index (κ3) is 2.75. The van der Waals surface area contributed by atoms with Crippen LogP contribution in [0.5, 0.6) is 0 Å². The van der Waals surface area contributed by atoms with E-state index in [0.29, 0.717) is 13.1 Å². The summed E-state index contributed by atoms with van der Waals surface area (Å²) in [5, 5.41) is 11.1. The van der Waals surface area contributed by atoms with Gasteiger partial charge in [0.25, 0.3) is 0 Å². The monoisotopic (exact) mass is 320 g/mol. The minimum absolute atomic E-state index is 0.0420. The van der Waals surface area contributed by atoms with Crippen molar-refractivity contribution in [1.82, 2.24) is 9.88 Å². The lowest BCUT2D eigenvalue weighted by molar-refractivity contribution is 0.0875. The number of aryl methyl sites for hydroxylation is 1. The van der Waals surface area contributed by atoms with Gasteiger partial charge in [0.2, 0.25) is 0 Å². The Hall–Kier alpha value is -2.43. The Morgan fingerprint density at radius 3 is 2.92 bits per heavy atom. The van der Waals surface area contributed by atoms with E-state index in [0.717, 1.165) is 39.8 Å². The third-order valence-corrected chi connectivity index (χ3v) is 4.67. The molecule has 0 saturated heterocycles. The maximum Gasteiger partial charge on any atom is 0.189 e. The summed E-state index contributed by atoms with van der Waals surface area (Å²) in [6.07, 6.45) is -0.482. The van der Waals surface area contributed by atoms with E-state index in [2.05, 4.69) is 16.0 Å². The highest BCUT2D eigenvalue weighted by molar-refractivity contribution is 5.79. The third-order valence-electron chi connectivity index (χ3n) is 4.67. The molecule has 0 saturated carbocycles. The van der Waals surface area contributed by atoms with Crippen LogP contribution < -0.4 is 5.43 Å². The number of aliphatic hydroxyl groups is 1. The summed E-state index contributed by atoms with van der Waals surface area (Å²) in [5.41, 5.74) is 5.02. The number of pyridine rings is 1. The van der Waals surface area contributed by atoms with Gasteiger partial charge in [0.1, 0.15) is 0 Å². The molecule has 0 fully saturated rings. The average molecular weight is 320 g/mol. The van der Waals surface area contributed by atoms with Crippen LogP contribution in [0.15, 0.2) is 53.3 Å². The van der Waals surface area contributed by atoms with Gasteiger partial charge in [0.05, 0.1) is 6.10 Å². The van der Waals surface area contributed by atoms with Gasteiger partial charge in [-0.25, -0.2) is 0 Å². The van der Waals surface area contributed by atoms with E-state index in [1.54, 1.807) is 6.07 Å². The van der Waals surface area contributed by atoms with Crippen molar-refractivity contribution < 1.29 is 5.11 Å². The van der Waals surface area contributed by atoms with Crippen molar-refractivity contribution in [2.75, 3.05) is 6.54 Å². The maximum atomic E-state index is 12.4. The fourth-order valence-electron chi connectivity index (χ4n) is 3.51. The van der Waals surface area contributed by atoms with Crippen LogP contribution in [0.4, 0.5) is 0 Å². The number of nitrogens with zero attached hydrogens (tertiary/aromatic N) is 1. The van der Waals surface area contributed by atoms with Gasteiger partial charge < -0.3 is 10.1 Å². The molecule has 0 bridgehead atoms. The Balaban J connectivity index is 1.63. The number of nitrogens with one attached hydrogen (secondary N) is 1. The summed E-state index contributed by atoms with van der Waals surface area (Å²) in [6.45, 7) is 3.95. The molecule has 0 radical (unpaired) electrons. The molecule has 4 heteroatoms. The second-order valence-corrected chi connectivity index (χ2v) is 6.59. The number of aliphatic hydroxyl groups excluding tert-OH is 1. The van der Waals surface area contributed by atoms with Crippen molar-refractivity contribution in [3.8, 4) is 0 Å². The van der Waals surface area contributed by atoms with E-state index in [1.807, 2.05) is 43.3 Å². The van der Waals surface area contributed by atoms with Gasteiger partial charge in [-0.15, -0.1) is 0 Å². The fourth-order valence-corrected chi connectivity index (χ4v) is 3.51. The summed E-state index contributed by atoms with van der Waals surface area (Å²) < 4.78 is 0. The minimum Gasteiger partial charge on any atom is -0.387 e. The molecular weight excluding hydrogens is 300 g/mol. The van der Waals surface area contributed by atoms with E-state index >= 15 is 0 Å². The topological polar surface area (TPSA) is 56.3 Å². The summed E-state index contributed by atoms with van der Waals surface area (Å²) >= 11 is 0. The van der Waals surface area contributed by atoms with E-state index in [4.69, 9.17) is 0 Å². The normalized spacial score (nSPS) is 17.8. The molecule has 4 rings (SSSR count).